The Morgan fingerprint density at radius 1 is 1.21 bits per heavy atom. The van der Waals surface area contributed by atoms with Crippen LogP contribution in [0.25, 0.3) is 0 Å². The molecule has 0 saturated heterocycles. The van der Waals surface area contributed by atoms with E-state index >= 15 is 0 Å². The van der Waals surface area contributed by atoms with E-state index in [2.05, 4.69) is 5.32 Å². The number of fused-ring (bicyclic) bond motifs is 1. The van der Waals surface area contributed by atoms with E-state index < -0.39 is 39.6 Å². The summed E-state index contributed by atoms with van der Waals surface area (Å²) >= 11 is 5.57. The second-order valence-corrected chi connectivity index (χ2v) is 8.82. The summed E-state index contributed by atoms with van der Waals surface area (Å²) < 4.78 is 29.1. The number of aromatic hydroxyl groups is 1. The molecule has 0 spiro atoms. The minimum absolute atomic E-state index is 0.0677. The van der Waals surface area contributed by atoms with Gasteiger partial charge in [0.25, 0.3) is 11.8 Å². The van der Waals surface area contributed by atoms with Gasteiger partial charge in [-0.15, -0.1) is 0 Å². The molecule has 0 unspecified atom stereocenters. The smallest absolute Gasteiger partial charge is 0.274 e. The molecule has 34 heavy (non-hydrogen) atoms. The average Bonchev–Trinajstić information content (AvgIpc) is 2.81. The second kappa shape index (κ2) is 10.5. The Morgan fingerprint density at radius 3 is 2.56 bits per heavy atom. The molecule has 0 radical (unpaired) electrons. The number of pyridine rings is 1. The van der Waals surface area contributed by atoms with Crippen LogP contribution in [0.4, 0.5) is 8.78 Å². The topological polar surface area (TPSA) is 91.6 Å². The molecular formula is C24H28ClF2N3O4. The van der Waals surface area contributed by atoms with Crippen molar-refractivity contribution in [1.82, 2.24) is 14.8 Å². The molecule has 0 aliphatic carbocycles. The van der Waals surface area contributed by atoms with Crippen LogP contribution >= 0.6 is 11.6 Å². The van der Waals surface area contributed by atoms with Gasteiger partial charge >= 0.3 is 0 Å². The number of rotatable bonds is 8. The zero-order chi connectivity index (χ0) is 25.2. The quantitative estimate of drug-likeness (QED) is 0.531. The van der Waals surface area contributed by atoms with E-state index in [0.717, 1.165) is 25.0 Å². The fraction of sp³-hybridized carbons (Fsp3) is 0.458. The van der Waals surface area contributed by atoms with Gasteiger partial charge in [-0.25, -0.2) is 8.78 Å². The highest BCUT2D eigenvalue weighted by molar-refractivity contribution is 6.30. The Balaban J connectivity index is 1.99. The number of hydrogen-bond acceptors (Lipinski definition) is 4. The third-order valence-electron chi connectivity index (χ3n) is 6.20. The summed E-state index contributed by atoms with van der Waals surface area (Å²) in [6.07, 6.45) is 4.44. The van der Waals surface area contributed by atoms with Gasteiger partial charge in [-0.3, -0.25) is 14.4 Å². The van der Waals surface area contributed by atoms with E-state index in [1.165, 1.54) is 10.8 Å². The summed E-state index contributed by atoms with van der Waals surface area (Å²) in [6.45, 7) is 6.00. The third kappa shape index (κ3) is 4.66. The number of hydrogen-bond donors (Lipinski definition) is 2. The Kier molecular flexibility index (Phi) is 7.97. The maximum Gasteiger partial charge on any atom is 0.274 e. The molecule has 2 atom stereocenters. The molecule has 10 heteroatoms. The molecule has 1 aliphatic heterocycles. The highest BCUT2D eigenvalue weighted by Gasteiger charge is 2.39. The molecule has 0 bridgehead atoms. The van der Waals surface area contributed by atoms with E-state index in [9.17, 15) is 28.3 Å². The number of amides is 2. The largest absolute Gasteiger partial charge is 0.503 e. The van der Waals surface area contributed by atoms with Gasteiger partial charge in [-0.2, -0.15) is 0 Å². The standard InChI is InChI=1S/C24H28ClF2N3O4/c1-4-6-7-17-13(3)29(10-5-2)24(34)20-22(32)21(31)15(12-30(17)20)23(33)28-11-14-8-9-16(26)18(25)19(14)27/h8-9,12-13,17,32H,4-7,10-11H2,1-3H3,(H,28,33)/t13-,17+/m0/s1. The van der Waals surface area contributed by atoms with Crippen molar-refractivity contribution in [2.24, 2.45) is 0 Å². The minimum Gasteiger partial charge on any atom is -0.503 e. The summed E-state index contributed by atoms with van der Waals surface area (Å²) in [6, 6.07) is 1.66. The fourth-order valence-corrected chi connectivity index (χ4v) is 4.51. The first kappa shape index (κ1) is 25.7. The molecule has 184 valence electrons. The van der Waals surface area contributed by atoms with Gasteiger partial charge in [0.2, 0.25) is 5.43 Å². The van der Waals surface area contributed by atoms with Crippen molar-refractivity contribution in [2.45, 2.75) is 65.1 Å². The first-order valence-corrected chi connectivity index (χ1v) is 11.7. The molecule has 2 amide bonds. The second-order valence-electron chi connectivity index (χ2n) is 8.44. The third-order valence-corrected chi connectivity index (χ3v) is 6.54. The van der Waals surface area contributed by atoms with Crippen LogP contribution in [0, 0.1) is 11.6 Å². The first-order chi connectivity index (χ1) is 16.1. The molecule has 2 N–H and O–H groups in total. The highest BCUT2D eigenvalue weighted by Crippen LogP contribution is 2.34. The number of carbonyl (C=O) groups excluding carboxylic acids is 2. The normalized spacial score (nSPS) is 17.6. The van der Waals surface area contributed by atoms with Gasteiger partial charge in [-0.05, 0) is 25.8 Å². The Bertz CT molecular complexity index is 1170. The predicted molar refractivity (Wildman–Crippen MR) is 124 cm³/mol. The lowest BCUT2D eigenvalue weighted by Gasteiger charge is -2.42. The van der Waals surface area contributed by atoms with E-state index in [1.54, 1.807) is 4.90 Å². The number of carbonyl (C=O) groups is 2. The molecule has 3 rings (SSSR count). The molecule has 7 nitrogen and oxygen atoms in total. The molecule has 1 aliphatic rings. The van der Waals surface area contributed by atoms with E-state index in [-0.39, 0.29) is 35.4 Å². The Labute approximate surface area is 201 Å². The monoisotopic (exact) mass is 495 g/mol. The summed E-state index contributed by atoms with van der Waals surface area (Å²) in [5, 5.41) is 12.4. The van der Waals surface area contributed by atoms with Crippen molar-refractivity contribution in [1.29, 1.82) is 0 Å². The Morgan fingerprint density at radius 2 is 1.91 bits per heavy atom. The molecule has 0 saturated carbocycles. The van der Waals surface area contributed by atoms with Crippen molar-refractivity contribution >= 4 is 23.4 Å². The van der Waals surface area contributed by atoms with Gasteiger partial charge < -0.3 is 19.9 Å². The predicted octanol–water partition coefficient (Wildman–Crippen LogP) is 4.40. The molecule has 1 aromatic heterocycles. The van der Waals surface area contributed by atoms with Crippen LogP contribution in [0.3, 0.4) is 0 Å². The van der Waals surface area contributed by atoms with Crippen LogP contribution in [-0.4, -0.2) is 39.0 Å². The summed E-state index contributed by atoms with van der Waals surface area (Å²) in [7, 11) is 0. The van der Waals surface area contributed by atoms with Crippen LogP contribution in [0.5, 0.6) is 5.75 Å². The maximum absolute atomic E-state index is 14.2. The van der Waals surface area contributed by atoms with Crippen LogP contribution < -0.4 is 10.7 Å². The van der Waals surface area contributed by atoms with E-state index in [0.29, 0.717) is 19.4 Å². The molecule has 2 aromatic rings. The van der Waals surface area contributed by atoms with Gasteiger partial charge in [0.1, 0.15) is 22.2 Å². The van der Waals surface area contributed by atoms with Crippen molar-refractivity contribution in [3.8, 4) is 5.75 Å². The van der Waals surface area contributed by atoms with Gasteiger partial charge in [0.05, 0.1) is 6.04 Å². The lowest BCUT2D eigenvalue weighted by atomic mass is 9.96. The zero-order valence-electron chi connectivity index (χ0n) is 19.3. The van der Waals surface area contributed by atoms with Gasteiger partial charge in [0.15, 0.2) is 11.4 Å². The van der Waals surface area contributed by atoms with Crippen molar-refractivity contribution in [3.05, 3.63) is 62.0 Å². The van der Waals surface area contributed by atoms with E-state index in [1.807, 2.05) is 20.8 Å². The van der Waals surface area contributed by atoms with Crippen molar-refractivity contribution in [3.63, 3.8) is 0 Å². The average molecular weight is 496 g/mol. The van der Waals surface area contributed by atoms with Crippen LogP contribution in [0.15, 0.2) is 23.1 Å². The Hall–Kier alpha value is -2.94. The van der Waals surface area contributed by atoms with Crippen molar-refractivity contribution in [2.75, 3.05) is 6.54 Å². The number of nitrogens with zero attached hydrogens (tertiary/aromatic N) is 2. The van der Waals surface area contributed by atoms with Crippen LogP contribution in [0.2, 0.25) is 5.02 Å². The maximum atomic E-state index is 14.2. The van der Waals surface area contributed by atoms with Gasteiger partial charge in [0, 0.05) is 30.9 Å². The summed E-state index contributed by atoms with van der Waals surface area (Å²) in [5.41, 5.74) is -1.57. The number of unbranched alkanes of at least 4 members (excludes halogenated alkanes) is 1. The zero-order valence-corrected chi connectivity index (χ0v) is 20.1. The molecule has 2 heterocycles. The van der Waals surface area contributed by atoms with Crippen molar-refractivity contribution < 1.29 is 23.5 Å². The van der Waals surface area contributed by atoms with E-state index in [4.69, 9.17) is 11.6 Å². The summed E-state index contributed by atoms with van der Waals surface area (Å²) in [5.74, 6) is -4.06. The lowest BCUT2D eigenvalue weighted by Crippen LogP contribution is -2.51. The SMILES string of the molecule is CCCC[C@@H]1[C@H](C)N(CCC)C(=O)c2c(O)c(=O)c(C(=O)NCc3ccc(F)c(Cl)c3F)cn21. The van der Waals surface area contributed by atoms with Crippen LogP contribution in [0.1, 0.15) is 78.9 Å². The highest BCUT2D eigenvalue weighted by atomic mass is 35.5. The molecular weight excluding hydrogens is 468 g/mol. The minimum atomic E-state index is -1.01. The van der Waals surface area contributed by atoms with Crippen LogP contribution in [-0.2, 0) is 6.54 Å². The number of aromatic nitrogens is 1. The fourth-order valence-electron chi connectivity index (χ4n) is 4.33. The summed E-state index contributed by atoms with van der Waals surface area (Å²) in [4.78, 5) is 40.4. The first-order valence-electron chi connectivity index (χ1n) is 11.3. The number of nitrogens with one attached hydrogen (secondary N) is 1. The molecule has 1 aromatic carbocycles. The molecule has 0 fully saturated rings. The number of halogens is 3. The van der Waals surface area contributed by atoms with Gasteiger partial charge in [-0.1, -0.05) is 44.4 Å². The number of benzene rings is 1. The lowest BCUT2D eigenvalue weighted by molar-refractivity contribution is 0.0525.